The van der Waals surface area contributed by atoms with E-state index >= 15 is 0 Å². The highest BCUT2D eigenvalue weighted by atomic mass is 16.2. The van der Waals surface area contributed by atoms with Crippen molar-refractivity contribution < 1.29 is 0 Å². The van der Waals surface area contributed by atoms with Crippen molar-refractivity contribution in [3.05, 3.63) is 62.6 Å². The lowest BCUT2D eigenvalue weighted by Gasteiger charge is -2.09. The summed E-state index contributed by atoms with van der Waals surface area (Å²) in [7, 11) is 0. The van der Waals surface area contributed by atoms with Crippen LogP contribution in [0.15, 0.2) is 40.2 Å². The third-order valence-electron chi connectivity index (χ3n) is 4.18. The highest BCUT2D eigenvalue weighted by Gasteiger charge is 2.13. The Bertz CT molecular complexity index is 1010. The number of hydrogen-bond acceptors (Lipinski definition) is 3. The van der Waals surface area contributed by atoms with E-state index in [-0.39, 0.29) is 16.9 Å². The molecule has 2 aromatic heterocycles. The van der Waals surface area contributed by atoms with Gasteiger partial charge in [0.1, 0.15) is 0 Å². The maximum absolute atomic E-state index is 12.8. The maximum Gasteiger partial charge on any atom is 0.350 e. The average Bonchev–Trinajstić information content (AvgIpc) is 2.84. The van der Waals surface area contributed by atoms with Gasteiger partial charge < -0.3 is 0 Å². The van der Waals surface area contributed by atoms with Gasteiger partial charge in [-0.15, -0.1) is 5.10 Å². The quantitative estimate of drug-likeness (QED) is 0.739. The first-order valence-electron chi connectivity index (χ1n) is 8.17. The van der Waals surface area contributed by atoms with Crippen LogP contribution in [0.25, 0.3) is 11.3 Å². The van der Waals surface area contributed by atoms with Crippen molar-refractivity contribution >= 4 is 5.65 Å². The summed E-state index contributed by atoms with van der Waals surface area (Å²) in [4.78, 5) is 25.2. The Kier molecular flexibility index (Phi) is 4.13. The van der Waals surface area contributed by atoms with E-state index in [4.69, 9.17) is 0 Å². The Morgan fingerprint density at radius 3 is 2.54 bits per heavy atom. The number of hydrogen-bond donors (Lipinski definition) is 0. The van der Waals surface area contributed by atoms with Crippen molar-refractivity contribution in [2.24, 2.45) is 5.92 Å². The lowest BCUT2D eigenvalue weighted by molar-refractivity contribution is 0.478. The fourth-order valence-electron chi connectivity index (χ4n) is 2.80. The average molecular weight is 326 g/mol. The van der Waals surface area contributed by atoms with E-state index in [0.29, 0.717) is 12.5 Å². The van der Waals surface area contributed by atoms with Crippen molar-refractivity contribution in [3.63, 3.8) is 0 Å². The van der Waals surface area contributed by atoms with Gasteiger partial charge in [-0.1, -0.05) is 31.5 Å². The summed E-state index contributed by atoms with van der Waals surface area (Å²) in [6.45, 7) is 8.67. The van der Waals surface area contributed by atoms with Gasteiger partial charge in [0, 0.05) is 18.9 Å². The molecule has 0 saturated heterocycles. The summed E-state index contributed by atoms with van der Waals surface area (Å²) >= 11 is 0. The molecule has 6 nitrogen and oxygen atoms in total. The van der Waals surface area contributed by atoms with Crippen LogP contribution >= 0.6 is 0 Å². The first-order chi connectivity index (χ1) is 11.4. The molecule has 3 rings (SSSR count). The SMILES string of the molecule is Cc1ccc(-n2ccn3c(=O)n(CCC(C)C)nc3c2=O)c(C)c1. The summed E-state index contributed by atoms with van der Waals surface area (Å²) < 4.78 is 4.25. The number of aryl methyl sites for hydroxylation is 3. The van der Waals surface area contributed by atoms with Crippen LogP contribution in [0.2, 0.25) is 0 Å². The molecule has 24 heavy (non-hydrogen) atoms. The standard InChI is InChI=1S/C18H22N4O2/c1-12(2)7-8-22-18(24)21-10-9-20(17(23)16(21)19-22)15-6-5-13(3)11-14(15)4/h5-6,9-12H,7-8H2,1-4H3. The second-order valence-corrected chi connectivity index (χ2v) is 6.65. The summed E-state index contributed by atoms with van der Waals surface area (Å²) in [6.07, 6.45) is 4.08. The number of benzene rings is 1. The van der Waals surface area contributed by atoms with Gasteiger partial charge in [-0.2, -0.15) is 0 Å². The van der Waals surface area contributed by atoms with Crippen LogP contribution in [0.3, 0.4) is 0 Å². The van der Waals surface area contributed by atoms with Crippen LogP contribution in [0.4, 0.5) is 0 Å². The topological polar surface area (TPSA) is 61.3 Å². The Morgan fingerprint density at radius 1 is 1.12 bits per heavy atom. The second kappa shape index (κ2) is 6.11. The van der Waals surface area contributed by atoms with Gasteiger partial charge >= 0.3 is 11.2 Å². The molecule has 0 amide bonds. The lowest BCUT2D eigenvalue weighted by Crippen LogP contribution is -2.24. The van der Waals surface area contributed by atoms with Crippen molar-refractivity contribution in [1.29, 1.82) is 0 Å². The molecule has 0 aliphatic heterocycles. The van der Waals surface area contributed by atoms with Crippen LogP contribution < -0.4 is 11.2 Å². The first kappa shape index (κ1) is 16.2. The minimum absolute atomic E-state index is 0.159. The number of rotatable bonds is 4. The molecule has 6 heteroatoms. The minimum Gasteiger partial charge on any atom is -0.279 e. The van der Waals surface area contributed by atoms with Crippen molar-refractivity contribution in [1.82, 2.24) is 18.7 Å². The van der Waals surface area contributed by atoms with Crippen molar-refractivity contribution in [2.45, 2.75) is 40.7 Å². The molecule has 0 bridgehead atoms. The molecule has 0 fully saturated rings. The molecule has 0 saturated carbocycles. The van der Waals surface area contributed by atoms with Gasteiger partial charge in [-0.25, -0.2) is 13.9 Å². The predicted octanol–water partition coefficient (Wildman–Crippen LogP) is 2.31. The van der Waals surface area contributed by atoms with E-state index in [1.54, 1.807) is 17.0 Å². The van der Waals surface area contributed by atoms with Crippen LogP contribution in [0, 0.1) is 19.8 Å². The maximum atomic E-state index is 12.8. The van der Waals surface area contributed by atoms with Gasteiger partial charge in [0.05, 0.1) is 5.69 Å². The molecule has 0 atom stereocenters. The van der Waals surface area contributed by atoms with E-state index in [9.17, 15) is 9.59 Å². The Hall–Kier alpha value is -2.63. The zero-order valence-electron chi connectivity index (χ0n) is 14.5. The monoisotopic (exact) mass is 326 g/mol. The van der Waals surface area contributed by atoms with Gasteiger partial charge in [-0.3, -0.25) is 9.36 Å². The molecule has 0 N–H and O–H groups in total. The smallest absolute Gasteiger partial charge is 0.279 e. The summed E-state index contributed by atoms with van der Waals surface area (Å²) in [6, 6.07) is 5.90. The molecule has 0 unspecified atom stereocenters. The van der Waals surface area contributed by atoms with Gasteiger partial charge in [0.15, 0.2) is 0 Å². The zero-order valence-corrected chi connectivity index (χ0v) is 14.5. The van der Waals surface area contributed by atoms with Gasteiger partial charge in [-0.05, 0) is 37.8 Å². The Balaban J connectivity index is 2.14. The molecule has 126 valence electrons. The van der Waals surface area contributed by atoms with Crippen LogP contribution in [-0.2, 0) is 6.54 Å². The second-order valence-electron chi connectivity index (χ2n) is 6.65. The number of fused-ring (bicyclic) bond motifs is 1. The zero-order chi connectivity index (χ0) is 17.4. The van der Waals surface area contributed by atoms with E-state index in [2.05, 4.69) is 18.9 Å². The van der Waals surface area contributed by atoms with E-state index in [0.717, 1.165) is 23.2 Å². The number of aromatic nitrogens is 4. The van der Waals surface area contributed by atoms with E-state index < -0.39 is 0 Å². The predicted molar refractivity (Wildman–Crippen MR) is 94.0 cm³/mol. The third kappa shape index (κ3) is 2.79. The van der Waals surface area contributed by atoms with Gasteiger partial charge in [0.25, 0.3) is 0 Å². The van der Waals surface area contributed by atoms with E-state index in [1.807, 2.05) is 32.0 Å². The summed E-state index contributed by atoms with van der Waals surface area (Å²) in [5.41, 5.74) is 2.55. The molecular formula is C18H22N4O2. The molecule has 1 aromatic carbocycles. The Labute approximate surface area is 140 Å². The molecular weight excluding hydrogens is 304 g/mol. The van der Waals surface area contributed by atoms with Crippen LogP contribution in [0.1, 0.15) is 31.4 Å². The first-order valence-corrected chi connectivity index (χ1v) is 8.17. The fraction of sp³-hybridized carbons (Fsp3) is 0.389. The Morgan fingerprint density at radius 2 is 1.88 bits per heavy atom. The summed E-state index contributed by atoms with van der Waals surface area (Å²) in [5.74, 6) is 0.466. The van der Waals surface area contributed by atoms with Crippen LogP contribution in [-0.4, -0.2) is 18.7 Å². The van der Waals surface area contributed by atoms with Crippen molar-refractivity contribution in [2.75, 3.05) is 0 Å². The molecule has 0 aliphatic carbocycles. The molecule has 0 spiro atoms. The lowest BCUT2D eigenvalue weighted by atomic mass is 10.1. The minimum atomic E-state index is -0.287. The molecule has 0 radical (unpaired) electrons. The molecule has 2 heterocycles. The fourth-order valence-corrected chi connectivity index (χ4v) is 2.80. The molecule has 0 aliphatic rings. The summed E-state index contributed by atoms with van der Waals surface area (Å²) in [5, 5.41) is 4.25. The highest BCUT2D eigenvalue weighted by molar-refractivity contribution is 5.45. The van der Waals surface area contributed by atoms with Gasteiger partial charge in [0.2, 0.25) is 5.65 Å². The highest BCUT2D eigenvalue weighted by Crippen LogP contribution is 2.14. The normalized spacial score (nSPS) is 11.5. The third-order valence-corrected chi connectivity index (χ3v) is 4.18. The largest absolute Gasteiger partial charge is 0.350 e. The van der Waals surface area contributed by atoms with E-state index in [1.165, 1.54) is 9.08 Å². The number of nitrogens with zero attached hydrogens (tertiary/aromatic N) is 4. The molecule has 3 aromatic rings. The van der Waals surface area contributed by atoms with Crippen LogP contribution in [0.5, 0.6) is 0 Å². The van der Waals surface area contributed by atoms with Crippen molar-refractivity contribution in [3.8, 4) is 5.69 Å².